The molecule has 12 heterocycles. The summed E-state index contributed by atoms with van der Waals surface area (Å²) in [6, 6.07) is 24.8. The molecule has 0 saturated carbocycles. The maximum absolute atomic E-state index is 13.9. The highest BCUT2D eigenvalue weighted by Gasteiger charge is 2.39. The smallest absolute Gasteiger partial charge is 0.490 e. The lowest BCUT2D eigenvalue weighted by Gasteiger charge is -2.31. The van der Waals surface area contributed by atoms with Gasteiger partial charge in [-0.2, -0.15) is 55.3 Å². The molecule has 2 N–H and O–H groups in total. The minimum absolute atomic E-state index is 0. The number of hydrogen-bond donors (Lipinski definition) is 2. The molecule has 3 aromatic carbocycles. The summed E-state index contributed by atoms with van der Waals surface area (Å²) in [5.74, 6) is 1.51. The molecule has 0 aliphatic carbocycles. The van der Waals surface area contributed by atoms with Gasteiger partial charge in [-0.05, 0) is 200 Å². The molecule has 0 radical (unpaired) electrons. The highest BCUT2D eigenvalue weighted by molar-refractivity contribution is 6.16. The van der Waals surface area contributed by atoms with Crippen molar-refractivity contribution in [2.24, 2.45) is 38.9 Å². The van der Waals surface area contributed by atoms with Crippen LogP contribution < -0.4 is 19.5 Å². The molecule has 3 aliphatic rings. The Hall–Kier alpha value is -11.9. The molecule has 117 heavy (non-hydrogen) atoms. The Kier molecular flexibility index (Phi) is 30.0. The van der Waals surface area contributed by atoms with Crippen molar-refractivity contribution < 1.29 is 76.9 Å². The average molecular weight is 1670 g/mol. The Balaban J connectivity index is 0.000000171. The normalized spacial score (nSPS) is 14.4. The first-order chi connectivity index (χ1) is 55.7. The second-order valence-corrected chi connectivity index (χ2v) is 27.6. The van der Waals surface area contributed by atoms with Crippen molar-refractivity contribution in [3.8, 4) is 69.2 Å². The van der Waals surface area contributed by atoms with Crippen LogP contribution in [0.2, 0.25) is 0 Å². The van der Waals surface area contributed by atoms with Crippen LogP contribution in [0.3, 0.4) is 0 Å². The number of fused-ring (bicyclic) bond motifs is 3. The second kappa shape index (κ2) is 40.1. The largest absolute Gasteiger partial charge is 0.493 e. The molecule has 0 unspecified atom stereocenters. The highest BCUT2D eigenvalue weighted by atomic mass is 35.5. The number of aryl methyl sites for hydroxylation is 4. The van der Waals surface area contributed by atoms with Gasteiger partial charge in [0.1, 0.15) is 70.8 Å². The second-order valence-electron chi connectivity index (χ2n) is 27.3. The van der Waals surface area contributed by atoms with Crippen molar-refractivity contribution in [2.45, 2.75) is 102 Å². The Labute approximate surface area is 673 Å². The zero-order valence-corrected chi connectivity index (χ0v) is 65.0. The molecule has 3 fully saturated rings. The maximum Gasteiger partial charge on any atom is 0.490 e. The minimum Gasteiger partial charge on any atom is -0.493 e. The number of oxazole rings is 3. The summed E-state index contributed by atoms with van der Waals surface area (Å²) in [5, 5.41) is 62.3. The number of aliphatic carboxylic acids is 1. The Morgan fingerprint density at radius 1 is 0.521 bits per heavy atom. The van der Waals surface area contributed by atoms with Gasteiger partial charge in [-0.1, -0.05) is 15.6 Å². The number of alkyl halides is 10. The number of likely N-dealkylation sites (tertiary alicyclic amines) is 2. The number of carbonyl (C=O) groups is 1. The third-order valence-corrected chi connectivity index (χ3v) is 19.7. The molecule has 15 rings (SSSR count). The fraction of sp³-hybridized carbons (Fsp3) is 0.403. The van der Waals surface area contributed by atoms with Gasteiger partial charge in [-0.25, -0.2) is 48.7 Å². The van der Waals surface area contributed by atoms with Gasteiger partial charge in [0.25, 0.3) is 0 Å². The van der Waals surface area contributed by atoms with Gasteiger partial charge in [-0.15, -0.1) is 39.3 Å². The van der Waals surface area contributed by atoms with Crippen LogP contribution in [0, 0.1) is 58.7 Å². The summed E-state index contributed by atoms with van der Waals surface area (Å²) in [6.07, 6.45) is 3.76. The van der Waals surface area contributed by atoms with E-state index in [0.717, 1.165) is 124 Å². The Morgan fingerprint density at radius 2 is 0.855 bits per heavy atom. The fourth-order valence-corrected chi connectivity index (χ4v) is 13.4. The topological polar surface area (TPSA) is 364 Å². The third-order valence-electron chi connectivity index (χ3n) is 19.5. The first kappa shape index (κ1) is 87.5. The van der Waals surface area contributed by atoms with Crippen LogP contribution in [0.1, 0.15) is 109 Å². The van der Waals surface area contributed by atoms with E-state index in [1.165, 1.54) is 52.7 Å². The number of nitrogens with one attached hydrogen (secondary N) is 1. The van der Waals surface area contributed by atoms with Crippen molar-refractivity contribution in [1.29, 1.82) is 15.8 Å². The SMILES string of the molecule is Cc1cc(-c2cc3c(nnn3C)c(C#N)n2)ccc1OCCC1CCNCC1.Cl.ClCc1ncco1.Cn1nnc2c(C#N)nc(-c3ccc(OCCC4CCN(Cc5ncco5)CC4)c(C(F)(F)F)c3)cc21.Cn1nnc2c(C#N)nc(-c3ccc(OCCC4CCN(Cc5ncco5)CC4)c(C(F)(F)F)c3)cc21.O=C(O)C(F)(F)F. The third kappa shape index (κ3) is 23.5. The van der Waals surface area contributed by atoms with Crippen molar-refractivity contribution >= 4 is 63.1 Å². The van der Waals surface area contributed by atoms with Crippen LogP contribution >= 0.6 is 24.0 Å². The van der Waals surface area contributed by atoms with Crippen LogP contribution in [0.15, 0.2) is 123 Å². The molecule has 0 spiro atoms. The lowest BCUT2D eigenvalue weighted by atomic mass is 9.94. The molecule has 29 nitrogen and oxygen atoms in total. The van der Waals surface area contributed by atoms with Crippen LogP contribution in [0.25, 0.3) is 66.9 Å². The van der Waals surface area contributed by atoms with Crippen molar-refractivity contribution in [1.82, 2.24) is 90.0 Å². The number of pyridine rings is 3. The van der Waals surface area contributed by atoms with Gasteiger partial charge < -0.3 is 37.9 Å². The number of aromatic nitrogens is 15. The van der Waals surface area contributed by atoms with Gasteiger partial charge in [0.05, 0.1) is 102 Å². The molecule has 40 heteroatoms. The summed E-state index contributed by atoms with van der Waals surface area (Å²) in [7, 11) is 5.09. The lowest BCUT2D eigenvalue weighted by molar-refractivity contribution is -0.192. The summed E-state index contributed by atoms with van der Waals surface area (Å²) in [6.45, 7) is 10.2. The van der Waals surface area contributed by atoms with E-state index >= 15 is 0 Å². The summed E-state index contributed by atoms with van der Waals surface area (Å²) in [5.41, 5.74) is 5.09. The van der Waals surface area contributed by atoms with Gasteiger partial charge in [-0.3, -0.25) is 9.80 Å². The van der Waals surface area contributed by atoms with E-state index in [2.05, 4.69) is 88.1 Å². The summed E-state index contributed by atoms with van der Waals surface area (Å²) >= 11 is 5.31. The molecule has 0 atom stereocenters. The van der Waals surface area contributed by atoms with Crippen molar-refractivity contribution in [2.75, 3.05) is 59.1 Å². The van der Waals surface area contributed by atoms with E-state index in [9.17, 15) is 55.3 Å². The summed E-state index contributed by atoms with van der Waals surface area (Å²) < 4.78 is 153. The van der Waals surface area contributed by atoms with Crippen LogP contribution in [-0.4, -0.2) is 161 Å². The number of benzene rings is 3. The van der Waals surface area contributed by atoms with Crippen LogP contribution in [0.4, 0.5) is 39.5 Å². The van der Waals surface area contributed by atoms with Gasteiger partial charge in [0.15, 0.2) is 17.1 Å². The average Bonchev–Trinajstić information content (AvgIpc) is 1.76. The van der Waals surface area contributed by atoms with Crippen LogP contribution in [0.5, 0.6) is 17.2 Å². The van der Waals surface area contributed by atoms with Crippen LogP contribution in [-0.2, 0) is 57.3 Å². The Morgan fingerprint density at radius 3 is 1.16 bits per heavy atom. The number of piperidine rings is 3. The van der Waals surface area contributed by atoms with E-state index in [4.69, 9.17) is 49.0 Å². The van der Waals surface area contributed by atoms with Crippen molar-refractivity contribution in [3.05, 3.63) is 162 Å². The number of hydrogen-bond acceptors (Lipinski definition) is 25. The van der Waals surface area contributed by atoms with Gasteiger partial charge in [0, 0.05) is 37.8 Å². The highest BCUT2D eigenvalue weighted by Crippen LogP contribution is 2.42. The number of nitriles is 3. The molecule has 616 valence electrons. The molecular formula is C77H78Cl2F9N21O8. The molecular weight excluding hydrogens is 1590 g/mol. The predicted molar refractivity (Wildman–Crippen MR) is 406 cm³/mol. The minimum atomic E-state index is -5.08. The van der Waals surface area contributed by atoms with E-state index in [1.807, 2.05) is 44.3 Å². The van der Waals surface area contributed by atoms with Gasteiger partial charge in [0.2, 0.25) is 17.7 Å². The van der Waals surface area contributed by atoms with Gasteiger partial charge >= 0.3 is 24.5 Å². The Bertz CT molecular complexity index is 5170. The zero-order valence-electron chi connectivity index (χ0n) is 63.4. The quantitative estimate of drug-likeness (QED) is 0.0528. The van der Waals surface area contributed by atoms with E-state index in [0.29, 0.717) is 94.6 Å². The molecule has 9 aromatic heterocycles. The molecule has 3 saturated heterocycles. The van der Waals surface area contributed by atoms with E-state index < -0.39 is 35.6 Å². The van der Waals surface area contributed by atoms with E-state index in [1.54, 1.807) is 62.0 Å². The molecule has 12 aromatic rings. The number of nitrogens with zero attached hydrogens (tertiary/aromatic N) is 20. The number of halogens is 11. The first-order valence-corrected chi connectivity index (χ1v) is 37.1. The van der Waals surface area contributed by atoms with Crippen molar-refractivity contribution in [3.63, 3.8) is 0 Å². The standard InChI is InChI=1S/2C25H24F3N7O2.C21H24N6O.C4H4ClNO.C2HF3O2.ClH/c2*1-34-21-13-19(31-20(14-29)24(21)32-33-34)17-2-3-22(18(12-17)25(26,27)28)36-10-6-16-4-8-35(9-5-16)15-23-30-7-11-37-23;1-14-11-16(3-4-20(14)28-10-7-15-5-8-23-9-6-15)17-12-19-21(18(13-22)24-17)25-26-27(19)2;5-3-4-6-1-2-7-4;3-2(4,5)1(6)7;/h2*2-3,7,11-13,16H,4-6,8-10,15H2,1H3;3-4,11-12,15,23H,5-10H2,1-2H3;1-2H,3H2;(H,6,7);1H. The number of rotatable bonds is 20. The fourth-order valence-electron chi connectivity index (χ4n) is 13.2. The number of carboxylic acid groups (broad SMARTS) is 1. The summed E-state index contributed by atoms with van der Waals surface area (Å²) in [4.78, 5) is 38.3. The predicted octanol–water partition coefficient (Wildman–Crippen LogP) is 14.6. The van der Waals surface area contributed by atoms with E-state index in [-0.39, 0.29) is 71.0 Å². The zero-order chi connectivity index (χ0) is 82.7. The lowest BCUT2D eigenvalue weighted by Crippen LogP contribution is -2.33. The monoisotopic (exact) mass is 1670 g/mol. The molecule has 3 aliphatic heterocycles. The molecule has 0 bridgehead atoms. The number of carboxylic acids is 1. The maximum atomic E-state index is 13.9. The molecule has 0 amide bonds. The first-order valence-electron chi connectivity index (χ1n) is 36.6. The number of ether oxygens (including phenoxy) is 3.